The Labute approximate surface area is 191 Å². The summed E-state index contributed by atoms with van der Waals surface area (Å²) in [6.45, 7) is 8.50. The maximum Gasteiger partial charge on any atom is 0.425 e. The van der Waals surface area contributed by atoms with Gasteiger partial charge in [-0.25, -0.2) is 0 Å². The summed E-state index contributed by atoms with van der Waals surface area (Å²) in [6.07, 6.45) is -4.33. The van der Waals surface area contributed by atoms with Gasteiger partial charge in [0.05, 0.1) is 18.2 Å². The van der Waals surface area contributed by atoms with Gasteiger partial charge in [-0.3, -0.25) is 14.4 Å². The average Bonchev–Trinajstić information content (AvgIpc) is 3.28. The van der Waals surface area contributed by atoms with E-state index in [9.17, 15) is 27.6 Å². The minimum absolute atomic E-state index is 0.0439. The molecule has 3 rings (SSSR count). The second kappa shape index (κ2) is 8.59. The van der Waals surface area contributed by atoms with Gasteiger partial charge in [0.2, 0.25) is 5.54 Å². The van der Waals surface area contributed by atoms with Crippen LogP contribution in [0, 0.1) is 0 Å². The highest BCUT2D eigenvalue weighted by Gasteiger charge is 2.70. The van der Waals surface area contributed by atoms with Crippen molar-refractivity contribution in [1.82, 2.24) is 10.2 Å². The van der Waals surface area contributed by atoms with Crippen LogP contribution in [0.1, 0.15) is 63.4 Å². The standard InChI is InChI=1S/C24H29F3N2O4/c1-14-19(15(2)30)23(24(25,26)27,21(32)29(14)13-18-7-6-12-33-18)28-20(31)16-8-10-17(11-9-16)22(3,4)5/h8-11,18H,6-7,12-13H2,1-5H3,(H,28,31)/t18-,23-/m0/s1. The van der Waals surface area contributed by atoms with Crippen LogP contribution in [0.4, 0.5) is 13.2 Å². The van der Waals surface area contributed by atoms with Gasteiger partial charge in [-0.05, 0) is 49.8 Å². The molecule has 0 aromatic heterocycles. The molecule has 1 saturated heterocycles. The lowest BCUT2D eigenvalue weighted by molar-refractivity contribution is -0.191. The molecule has 1 aromatic carbocycles. The molecule has 0 spiro atoms. The van der Waals surface area contributed by atoms with Gasteiger partial charge >= 0.3 is 6.18 Å². The van der Waals surface area contributed by atoms with Crippen LogP contribution in [0.5, 0.6) is 0 Å². The summed E-state index contributed by atoms with van der Waals surface area (Å²) in [6, 6.07) is 6.13. The number of ketones is 1. The molecular weight excluding hydrogens is 437 g/mol. The maximum absolute atomic E-state index is 14.6. The van der Waals surface area contributed by atoms with Crippen LogP contribution in [0.25, 0.3) is 0 Å². The number of nitrogens with one attached hydrogen (secondary N) is 1. The third kappa shape index (κ3) is 4.43. The van der Waals surface area contributed by atoms with Gasteiger partial charge in [0, 0.05) is 17.9 Å². The Morgan fingerprint density at radius 3 is 2.24 bits per heavy atom. The van der Waals surface area contributed by atoms with Gasteiger partial charge in [0.25, 0.3) is 11.8 Å². The summed E-state index contributed by atoms with van der Waals surface area (Å²) in [5, 5.41) is 1.90. The molecule has 1 fully saturated rings. The van der Waals surface area contributed by atoms with Crippen molar-refractivity contribution in [2.45, 2.75) is 70.7 Å². The fraction of sp³-hybridized carbons (Fsp3) is 0.542. The first kappa shape index (κ1) is 25.0. The fourth-order valence-corrected chi connectivity index (χ4v) is 4.41. The lowest BCUT2D eigenvalue weighted by Gasteiger charge is -2.33. The van der Waals surface area contributed by atoms with E-state index >= 15 is 0 Å². The third-order valence-electron chi connectivity index (χ3n) is 6.21. The number of ether oxygens (including phenoxy) is 1. The van der Waals surface area contributed by atoms with Gasteiger partial charge < -0.3 is 15.0 Å². The number of benzene rings is 1. The molecule has 1 N–H and O–H groups in total. The zero-order valence-corrected chi connectivity index (χ0v) is 19.4. The number of halogens is 3. The topological polar surface area (TPSA) is 75.7 Å². The first-order valence-electron chi connectivity index (χ1n) is 10.9. The number of hydrogen-bond donors (Lipinski definition) is 1. The summed E-state index contributed by atoms with van der Waals surface area (Å²) < 4.78 is 49.1. The quantitative estimate of drug-likeness (QED) is 0.714. The van der Waals surface area contributed by atoms with E-state index in [0.29, 0.717) is 13.0 Å². The number of allylic oxidation sites excluding steroid dienone is 1. The molecule has 6 nitrogen and oxygen atoms in total. The van der Waals surface area contributed by atoms with Crippen molar-refractivity contribution in [3.8, 4) is 0 Å². The van der Waals surface area contributed by atoms with Crippen LogP contribution >= 0.6 is 0 Å². The number of carbonyl (C=O) groups excluding carboxylic acids is 3. The number of Topliss-reactive ketones (excluding diaryl/α,β-unsaturated/α-hetero) is 1. The fourth-order valence-electron chi connectivity index (χ4n) is 4.41. The first-order chi connectivity index (χ1) is 15.2. The van der Waals surface area contributed by atoms with E-state index in [4.69, 9.17) is 4.74 Å². The van der Waals surface area contributed by atoms with E-state index in [1.807, 2.05) is 26.1 Å². The van der Waals surface area contributed by atoms with Gasteiger partial charge in [-0.2, -0.15) is 13.2 Å². The molecule has 2 aliphatic heterocycles. The minimum Gasteiger partial charge on any atom is -0.376 e. The third-order valence-corrected chi connectivity index (χ3v) is 6.21. The molecule has 0 bridgehead atoms. The van der Waals surface area contributed by atoms with Crippen LogP contribution < -0.4 is 5.32 Å². The predicted molar refractivity (Wildman–Crippen MR) is 115 cm³/mol. The Hall–Kier alpha value is -2.68. The molecule has 2 aliphatic rings. The van der Waals surface area contributed by atoms with Gasteiger partial charge in [-0.15, -0.1) is 0 Å². The minimum atomic E-state index is -5.24. The molecule has 2 atom stereocenters. The number of rotatable bonds is 5. The van der Waals surface area contributed by atoms with E-state index in [2.05, 4.69) is 0 Å². The number of amides is 2. The molecule has 0 radical (unpaired) electrons. The van der Waals surface area contributed by atoms with Crippen molar-refractivity contribution in [3.05, 3.63) is 46.7 Å². The summed E-state index contributed by atoms with van der Waals surface area (Å²) in [5.74, 6) is -3.42. The lowest BCUT2D eigenvalue weighted by Crippen LogP contribution is -2.66. The summed E-state index contributed by atoms with van der Waals surface area (Å²) in [4.78, 5) is 39.5. The highest BCUT2D eigenvalue weighted by Crippen LogP contribution is 2.45. The molecule has 180 valence electrons. The van der Waals surface area contributed by atoms with Gasteiger partial charge in [-0.1, -0.05) is 32.9 Å². The Kier molecular flexibility index (Phi) is 6.50. The molecule has 9 heteroatoms. The van der Waals surface area contributed by atoms with Crippen LogP contribution in [0.3, 0.4) is 0 Å². The van der Waals surface area contributed by atoms with E-state index in [-0.39, 0.29) is 23.2 Å². The first-order valence-corrected chi connectivity index (χ1v) is 10.9. The second-order valence-electron chi connectivity index (χ2n) is 9.60. The Balaban J connectivity index is 2.02. The van der Waals surface area contributed by atoms with Gasteiger partial charge in [0.1, 0.15) is 0 Å². The van der Waals surface area contributed by atoms with Crippen molar-refractivity contribution in [1.29, 1.82) is 0 Å². The molecule has 0 saturated carbocycles. The van der Waals surface area contributed by atoms with Crippen LogP contribution in [-0.4, -0.2) is 53.5 Å². The highest BCUT2D eigenvalue weighted by molar-refractivity contribution is 6.13. The molecular formula is C24H29F3N2O4. The molecule has 0 aliphatic carbocycles. The number of hydrogen-bond acceptors (Lipinski definition) is 4. The van der Waals surface area contributed by atoms with Crippen molar-refractivity contribution in [2.75, 3.05) is 13.2 Å². The second-order valence-corrected chi connectivity index (χ2v) is 9.60. The summed E-state index contributed by atoms with van der Waals surface area (Å²) in [7, 11) is 0. The smallest absolute Gasteiger partial charge is 0.376 e. The average molecular weight is 467 g/mol. The Morgan fingerprint density at radius 2 is 1.79 bits per heavy atom. The van der Waals surface area contributed by atoms with Crippen LogP contribution in [-0.2, 0) is 19.7 Å². The molecule has 0 unspecified atom stereocenters. The zero-order valence-electron chi connectivity index (χ0n) is 19.4. The monoisotopic (exact) mass is 466 g/mol. The number of alkyl halides is 3. The summed E-state index contributed by atoms with van der Waals surface area (Å²) >= 11 is 0. The van der Waals surface area contributed by atoms with Crippen LogP contribution in [0.15, 0.2) is 35.5 Å². The number of nitrogens with zero attached hydrogens (tertiary/aromatic N) is 1. The molecule has 2 heterocycles. The van der Waals surface area contributed by atoms with E-state index in [1.54, 1.807) is 12.1 Å². The largest absolute Gasteiger partial charge is 0.425 e. The van der Waals surface area contributed by atoms with E-state index in [0.717, 1.165) is 23.8 Å². The van der Waals surface area contributed by atoms with Gasteiger partial charge in [0.15, 0.2) is 5.78 Å². The zero-order chi connectivity index (χ0) is 24.8. The van der Waals surface area contributed by atoms with Crippen molar-refractivity contribution >= 4 is 17.6 Å². The highest BCUT2D eigenvalue weighted by atomic mass is 19.4. The Morgan fingerprint density at radius 1 is 1.18 bits per heavy atom. The van der Waals surface area contributed by atoms with Crippen LogP contribution in [0.2, 0.25) is 0 Å². The predicted octanol–water partition coefficient (Wildman–Crippen LogP) is 3.90. The summed E-state index contributed by atoms with van der Waals surface area (Å²) in [5.41, 5.74) is -3.71. The lowest BCUT2D eigenvalue weighted by atomic mass is 9.85. The number of carbonyl (C=O) groups is 3. The van der Waals surface area contributed by atoms with Crippen molar-refractivity contribution in [2.24, 2.45) is 0 Å². The van der Waals surface area contributed by atoms with Crippen molar-refractivity contribution < 1.29 is 32.3 Å². The maximum atomic E-state index is 14.6. The molecule has 1 aromatic rings. The van der Waals surface area contributed by atoms with E-state index in [1.165, 1.54) is 19.1 Å². The normalized spacial score (nSPS) is 23.9. The molecule has 33 heavy (non-hydrogen) atoms. The van der Waals surface area contributed by atoms with E-state index < -0.39 is 41.0 Å². The van der Waals surface area contributed by atoms with Crippen molar-refractivity contribution in [3.63, 3.8) is 0 Å². The Bertz CT molecular complexity index is 986. The molecule has 2 amide bonds. The SMILES string of the molecule is CC(=O)C1=C(C)N(C[C@@H]2CCCO2)C(=O)[C@]1(NC(=O)c1ccc(C(C)(C)C)cc1)C(F)(F)F.